The van der Waals surface area contributed by atoms with E-state index in [2.05, 4.69) is 5.32 Å². The number of nitro groups is 1. The molecule has 0 spiro atoms. The van der Waals surface area contributed by atoms with Crippen LogP contribution >= 0.6 is 0 Å². The van der Waals surface area contributed by atoms with E-state index in [1.807, 2.05) is 6.07 Å². The molecular formula is C20H14N2O5. The largest absolute Gasteiger partial charge is 0.422 e. The van der Waals surface area contributed by atoms with E-state index < -0.39 is 16.8 Å². The second-order valence-electron chi connectivity index (χ2n) is 5.51. The maximum Gasteiger partial charge on any atom is 0.343 e. The Balaban J connectivity index is 1.81. The van der Waals surface area contributed by atoms with Gasteiger partial charge in [0, 0.05) is 17.8 Å². The Bertz CT molecular complexity index is 1000. The summed E-state index contributed by atoms with van der Waals surface area (Å²) in [7, 11) is 0. The van der Waals surface area contributed by atoms with Crippen molar-refractivity contribution < 1.29 is 19.2 Å². The standard InChI is InChI=1S/C20H14N2O5/c23-19(21-15-8-2-1-3-9-15)17-11-4-5-12-18(17)27-20(24)14-7-6-10-16(13-14)22(25)26/h1-13H,(H,21,23). The van der Waals surface area contributed by atoms with Gasteiger partial charge < -0.3 is 10.1 Å². The Morgan fingerprint density at radius 3 is 2.33 bits per heavy atom. The SMILES string of the molecule is O=C(Oc1ccccc1C(=O)Nc1ccccc1)c1cccc([N+](=O)[O-])c1. The second kappa shape index (κ2) is 7.92. The molecule has 27 heavy (non-hydrogen) atoms. The summed E-state index contributed by atoms with van der Waals surface area (Å²) in [5, 5.41) is 13.6. The molecule has 0 aromatic heterocycles. The van der Waals surface area contributed by atoms with Crippen LogP contribution in [0.25, 0.3) is 0 Å². The number of para-hydroxylation sites is 2. The van der Waals surface area contributed by atoms with Gasteiger partial charge in [-0.3, -0.25) is 14.9 Å². The smallest absolute Gasteiger partial charge is 0.343 e. The van der Waals surface area contributed by atoms with Gasteiger partial charge >= 0.3 is 5.97 Å². The molecule has 0 atom stereocenters. The number of nitrogens with zero attached hydrogens (tertiary/aromatic N) is 1. The van der Waals surface area contributed by atoms with Gasteiger partial charge in [-0.25, -0.2) is 4.79 Å². The molecule has 0 unspecified atom stereocenters. The molecule has 7 heteroatoms. The highest BCUT2D eigenvalue weighted by atomic mass is 16.6. The van der Waals surface area contributed by atoms with Gasteiger partial charge in [-0.1, -0.05) is 36.4 Å². The summed E-state index contributed by atoms with van der Waals surface area (Å²) < 4.78 is 5.30. The molecule has 0 heterocycles. The third kappa shape index (κ3) is 4.35. The van der Waals surface area contributed by atoms with Crippen LogP contribution in [-0.4, -0.2) is 16.8 Å². The molecule has 0 saturated carbocycles. The lowest BCUT2D eigenvalue weighted by Gasteiger charge is -2.10. The molecule has 0 aliphatic carbocycles. The van der Waals surface area contributed by atoms with Crippen molar-refractivity contribution in [1.82, 2.24) is 0 Å². The number of benzene rings is 3. The minimum Gasteiger partial charge on any atom is -0.422 e. The number of rotatable bonds is 5. The number of carbonyl (C=O) groups is 2. The normalized spacial score (nSPS) is 10.1. The Kier molecular flexibility index (Phi) is 5.22. The van der Waals surface area contributed by atoms with Crippen LogP contribution in [0.1, 0.15) is 20.7 Å². The van der Waals surface area contributed by atoms with E-state index in [0.717, 1.165) is 6.07 Å². The molecule has 0 aliphatic heterocycles. The van der Waals surface area contributed by atoms with E-state index in [0.29, 0.717) is 5.69 Å². The Labute approximate surface area is 154 Å². The van der Waals surface area contributed by atoms with Crippen molar-refractivity contribution >= 4 is 23.3 Å². The van der Waals surface area contributed by atoms with Gasteiger partial charge in [0.1, 0.15) is 5.75 Å². The number of amides is 1. The first-order chi connectivity index (χ1) is 13.0. The van der Waals surface area contributed by atoms with Gasteiger partial charge in [0.2, 0.25) is 0 Å². The summed E-state index contributed by atoms with van der Waals surface area (Å²) in [4.78, 5) is 35.1. The van der Waals surface area contributed by atoms with E-state index in [1.54, 1.807) is 36.4 Å². The average molecular weight is 362 g/mol. The molecule has 0 fully saturated rings. The Morgan fingerprint density at radius 2 is 1.59 bits per heavy atom. The zero-order valence-electron chi connectivity index (χ0n) is 14.0. The van der Waals surface area contributed by atoms with Gasteiger partial charge in [-0.2, -0.15) is 0 Å². The van der Waals surface area contributed by atoms with Crippen molar-refractivity contribution in [3.63, 3.8) is 0 Å². The van der Waals surface area contributed by atoms with Crippen molar-refractivity contribution in [2.24, 2.45) is 0 Å². The number of nitro benzene ring substituents is 1. The van der Waals surface area contributed by atoms with E-state index in [9.17, 15) is 19.7 Å². The Morgan fingerprint density at radius 1 is 0.889 bits per heavy atom. The van der Waals surface area contributed by atoms with Crippen molar-refractivity contribution in [3.05, 3.63) is 100 Å². The number of nitrogens with one attached hydrogen (secondary N) is 1. The lowest BCUT2D eigenvalue weighted by Crippen LogP contribution is -2.16. The lowest BCUT2D eigenvalue weighted by atomic mass is 10.1. The van der Waals surface area contributed by atoms with Crippen LogP contribution in [0.3, 0.4) is 0 Å². The Hall–Kier alpha value is -4.00. The fraction of sp³-hybridized carbons (Fsp3) is 0. The van der Waals surface area contributed by atoms with Crippen molar-refractivity contribution in [1.29, 1.82) is 0 Å². The topological polar surface area (TPSA) is 98.5 Å². The number of ether oxygens (including phenoxy) is 1. The van der Waals surface area contributed by atoms with Crippen LogP contribution in [0.4, 0.5) is 11.4 Å². The molecule has 0 saturated heterocycles. The van der Waals surface area contributed by atoms with Gasteiger partial charge in [0.05, 0.1) is 16.1 Å². The lowest BCUT2D eigenvalue weighted by molar-refractivity contribution is -0.384. The monoisotopic (exact) mass is 362 g/mol. The maximum atomic E-state index is 12.5. The fourth-order valence-electron chi connectivity index (χ4n) is 2.37. The summed E-state index contributed by atoms with van der Waals surface area (Å²) >= 11 is 0. The van der Waals surface area contributed by atoms with E-state index >= 15 is 0 Å². The molecule has 3 rings (SSSR count). The number of hydrogen-bond donors (Lipinski definition) is 1. The average Bonchev–Trinajstić information content (AvgIpc) is 2.69. The van der Waals surface area contributed by atoms with Crippen LogP contribution in [0, 0.1) is 10.1 Å². The van der Waals surface area contributed by atoms with Crippen molar-refractivity contribution in [3.8, 4) is 5.75 Å². The fourth-order valence-corrected chi connectivity index (χ4v) is 2.37. The predicted octanol–water partition coefficient (Wildman–Crippen LogP) is 4.07. The number of anilines is 1. The molecule has 3 aromatic rings. The summed E-state index contributed by atoms with van der Waals surface area (Å²) in [6.07, 6.45) is 0. The molecule has 3 aromatic carbocycles. The van der Waals surface area contributed by atoms with Gasteiger partial charge in [0.15, 0.2) is 0 Å². The zero-order valence-corrected chi connectivity index (χ0v) is 14.0. The summed E-state index contributed by atoms with van der Waals surface area (Å²) in [5.74, 6) is -1.18. The first-order valence-electron chi connectivity index (χ1n) is 7.96. The van der Waals surface area contributed by atoms with E-state index in [4.69, 9.17) is 4.74 Å². The minimum absolute atomic E-state index is 0.0162. The number of non-ortho nitro benzene ring substituents is 1. The first-order valence-corrected chi connectivity index (χ1v) is 7.96. The van der Waals surface area contributed by atoms with Crippen LogP contribution in [-0.2, 0) is 0 Å². The van der Waals surface area contributed by atoms with Crippen molar-refractivity contribution in [2.45, 2.75) is 0 Å². The van der Waals surface area contributed by atoms with Crippen LogP contribution in [0.15, 0.2) is 78.9 Å². The molecule has 1 amide bonds. The molecule has 0 bridgehead atoms. The molecule has 7 nitrogen and oxygen atoms in total. The van der Waals surface area contributed by atoms with Gasteiger partial charge in [0.25, 0.3) is 11.6 Å². The number of esters is 1. The van der Waals surface area contributed by atoms with Gasteiger partial charge in [-0.05, 0) is 30.3 Å². The molecule has 1 N–H and O–H groups in total. The summed E-state index contributed by atoms with van der Waals surface area (Å²) in [6, 6.07) is 20.3. The third-order valence-corrected chi connectivity index (χ3v) is 3.66. The minimum atomic E-state index is -0.793. The molecule has 0 radical (unpaired) electrons. The predicted molar refractivity (Wildman–Crippen MR) is 98.9 cm³/mol. The van der Waals surface area contributed by atoms with Crippen molar-refractivity contribution in [2.75, 3.05) is 5.32 Å². The summed E-state index contributed by atoms with van der Waals surface area (Å²) in [6.45, 7) is 0. The quantitative estimate of drug-likeness (QED) is 0.319. The number of carbonyl (C=O) groups excluding carboxylic acids is 2. The van der Waals surface area contributed by atoms with Crippen LogP contribution in [0.5, 0.6) is 5.75 Å². The second-order valence-corrected chi connectivity index (χ2v) is 5.51. The highest BCUT2D eigenvalue weighted by Gasteiger charge is 2.18. The van der Waals surface area contributed by atoms with Gasteiger partial charge in [-0.15, -0.1) is 0 Å². The molecular weight excluding hydrogens is 348 g/mol. The van der Waals surface area contributed by atoms with E-state index in [-0.39, 0.29) is 22.6 Å². The van der Waals surface area contributed by atoms with Crippen LogP contribution < -0.4 is 10.1 Å². The molecule has 0 aliphatic rings. The zero-order chi connectivity index (χ0) is 19.2. The number of hydrogen-bond acceptors (Lipinski definition) is 5. The van der Waals surface area contributed by atoms with E-state index in [1.165, 1.54) is 30.3 Å². The van der Waals surface area contributed by atoms with Crippen LogP contribution in [0.2, 0.25) is 0 Å². The highest BCUT2D eigenvalue weighted by molar-refractivity contribution is 6.07. The summed E-state index contributed by atoms with van der Waals surface area (Å²) in [5.41, 5.74) is 0.560. The highest BCUT2D eigenvalue weighted by Crippen LogP contribution is 2.22. The molecule has 134 valence electrons. The first kappa shape index (κ1) is 17.8. The third-order valence-electron chi connectivity index (χ3n) is 3.66. The maximum absolute atomic E-state index is 12.5.